The van der Waals surface area contributed by atoms with Crippen LogP contribution in [0.5, 0.6) is 5.75 Å². The highest BCUT2D eigenvalue weighted by Gasteiger charge is 2.01. The number of halogens is 1. The molecule has 66 valence electrons. The predicted molar refractivity (Wildman–Crippen MR) is 49.8 cm³/mol. The molecular weight excluding hydrogens is 174 g/mol. The number of ether oxygens (including phenoxy) is 1. The lowest BCUT2D eigenvalue weighted by atomic mass is 10.2. The SMILES string of the molecule is COc1cccnc1CCCCl. The van der Waals surface area contributed by atoms with Crippen LogP contribution in [0.2, 0.25) is 0 Å². The normalized spacial score (nSPS) is 9.83. The molecular formula is C9H12ClNO. The van der Waals surface area contributed by atoms with E-state index in [0.29, 0.717) is 5.88 Å². The summed E-state index contributed by atoms with van der Waals surface area (Å²) >= 11 is 5.58. The standard InChI is InChI=1S/C9H12ClNO/c1-12-9-5-3-7-11-8(9)4-2-6-10/h3,5,7H,2,4,6H2,1H3. The minimum atomic E-state index is 0.666. The Morgan fingerprint density at radius 3 is 3.08 bits per heavy atom. The third kappa shape index (κ3) is 2.38. The zero-order valence-corrected chi connectivity index (χ0v) is 7.84. The summed E-state index contributed by atoms with van der Waals surface area (Å²) < 4.78 is 5.14. The average molecular weight is 186 g/mol. The number of methoxy groups -OCH3 is 1. The van der Waals surface area contributed by atoms with E-state index in [0.717, 1.165) is 24.3 Å². The molecule has 1 heterocycles. The van der Waals surface area contributed by atoms with E-state index in [1.807, 2.05) is 12.1 Å². The second kappa shape index (κ2) is 4.99. The van der Waals surface area contributed by atoms with E-state index in [-0.39, 0.29) is 0 Å². The molecule has 3 heteroatoms. The van der Waals surface area contributed by atoms with Gasteiger partial charge in [0.1, 0.15) is 5.75 Å². The van der Waals surface area contributed by atoms with Crippen molar-refractivity contribution in [2.24, 2.45) is 0 Å². The van der Waals surface area contributed by atoms with Gasteiger partial charge in [-0.05, 0) is 25.0 Å². The van der Waals surface area contributed by atoms with E-state index in [4.69, 9.17) is 16.3 Å². The van der Waals surface area contributed by atoms with E-state index in [1.54, 1.807) is 13.3 Å². The number of alkyl halides is 1. The molecule has 0 radical (unpaired) electrons. The molecule has 0 unspecified atom stereocenters. The summed E-state index contributed by atoms with van der Waals surface area (Å²) in [5.41, 5.74) is 0.987. The molecule has 0 aliphatic carbocycles. The third-order valence-corrected chi connectivity index (χ3v) is 1.88. The smallest absolute Gasteiger partial charge is 0.140 e. The quantitative estimate of drug-likeness (QED) is 0.672. The Kier molecular flexibility index (Phi) is 3.88. The second-order valence-corrected chi connectivity index (χ2v) is 2.82. The van der Waals surface area contributed by atoms with Gasteiger partial charge in [-0.1, -0.05) is 0 Å². The fourth-order valence-corrected chi connectivity index (χ4v) is 1.16. The van der Waals surface area contributed by atoms with Crippen LogP contribution >= 0.6 is 11.6 Å². The van der Waals surface area contributed by atoms with E-state index in [2.05, 4.69) is 4.98 Å². The summed E-state index contributed by atoms with van der Waals surface area (Å²) in [6, 6.07) is 3.78. The lowest BCUT2D eigenvalue weighted by molar-refractivity contribution is 0.406. The van der Waals surface area contributed by atoms with Gasteiger partial charge in [0, 0.05) is 12.1 Å². The van der Waals surface area contributed by atoms with Gasteiger partial charge in [-0.25, -0.2) is 0 Å². The van der Waals surface area contributed by atoms with Gasteiger partial charge in [-0.3, -0.25) is 4.98 Å². The van der Waals surface area contributed by atoms with Crippen LogP contribution in [-0.2, 0) is 6.42 Å². The fraction of sp³-hybridized carbons (Fsp3) is 0.444. The second-order valence-electron chi connectivity index (χ2n) is 2.44. The van der Waals surface area contributed by atoms with E-state index in [1.165, 1.54) is 0 Å². The highest BCUT2D eigenvalue weighted by atomic mass is 35.5. The van der Waals surface area contributed by atoms with Crippen LogP contribution in [-0.4, -0.2) is 18.0 Å². The Balaban J connectivity index is 2.68. The van der Waals surface area contributed by atoms with Crippen LogP contribution in [0.4, 0.5) is 0 Å². The highest BCUT2D eigenvalue weighted by molar-refractivity contribution is 6.17. The van der Waals surface area contributed by atoms with Crippen molar-refractivity contribution in [2.45, 2.75) is 12.8 Å². The molecule has 0 saturated carbocycles. The van der Waals surface area contributed by atoms with Gasteiger partial charge in [0.2, 0.25) is 0 Å². The Hall–Kier alpha value is -0.760. The first-order valence-electron chi connectivity index (χ1n) is 3.92. The van der Waals surface area contributed by atoms with Crippen LogP contribution in [0.25, 0.3) is 0 Å². The lowest BCUT2D eigenvalue weighted by Crippen LogP contribution is -1.95. The van der Waals surface area contributed by atoms with Crippen molar-refractivity contribution >= 4 is 11.6 Å². The maximum atomic E-state index is 5.58. The lowest BCUT2D eigenvalue weighted by Gasteiger charge is -2.04. The molecule has 1 rings (SSSR count). The van der Waals surface area contributed by atoms with Gasteiger partial charge >= 0.3 is 0 Å². The average Bonchev–Trinajstić information content (AvgIpc) is 2.15. The van der Waals surface area contributed by atoms with E-state index >= 15 is 0 Å². The number of aromatic nitrogens is 1. The number of rotatable bonds is 4. The molecule has 2 nitrogen and oxygen atoms in total. The van der Waals surface area contributed by atoms with Crippen LogP contribution < -0.4 is 4.74 Å². The van der Waals surface area contributed by atoms with Crippen molar-refractivity contribution in [3.05, 3.63) is 24.0 Å². The molecule has 0 saturated heterocycles. The Morgan fingerprint density at radius 1 is 1.58 bits per heavy atom. The van der Waals surface area contributed by atoms with Crippen molar-refractivity contribution in [1.82, 2.24) is 4.98 Å². The molecule has 0 fully saturated rings. The number of pyridine rings is 1. The van der Waals surface area contributed by atoms with Gasteiger partial charge in [-0.15, -0.1) is 11.6 Å². The predicted octanol–water partition coefficient (Wildman–Crippen LogP) is 2.26. The topological polar surface area (TPSA) is 22.1 Å². The molecule has 1 aromatic heterocycles. The summed E-state index contributed by atoms with van der Waals surface area (Å²) in [5.74, 6) is 1.52. The highest BCUT2D eigenvalue weighted by Crippen LogP contribution is 2.15. The van der Waals surface area contributed by atoms with E-state index in [9.17, 15) is 0 Å². The Labute approximate surface area is 77.5 Å². The molecule has 0 aliphatic rings. The monoisotopic (exact) mass is 185 g/mol. The summed E-state index contributed by atoms with van der Waals surface area (Å²) in [4.78, 5) is 4.20. The largest absolute Gasteiger partial charge is 0.495 e. The van der Waals surface area contributed by atoms with Crippen LogP contribution in [0, 0.1) is 0 Å². The molecule has 1 aromatic rings. The van der Waals surface area contributed by atoms with Crippen LogP contribution in [0.1, 0.15) is 12.1 Å². The Bertz CT molecular complexity index is 240. The zero-order valence-electron chi connectivity index (χ0n) is 7.09. The first-order valence-corrected chi connectivity index (χ1v) is 4.45. The number of aryl methyl sites for hydroxylation is 1. The Morgan fingerprint density at radius 2 is 2.42 bits per heavy atom. The van der Waals surface area contributed by atoms with Crippen molar-refractivity contribution < 1.29 is 4.74 Å². The van der Waals surface area contributed by atoms with Crippen LogP contribution in [0.15, 0.2) is 18.3 Å². The number of hydrogen-bond donors (Lipinski definition) is 0. The van der Waals surface area contributed by atoms with E-state index < -0.39 is 0 Å². The molecule has 0 spiro atoms. The zero-order chi connectivity index (χ0) is 8.81. The summed E-state index contributed by atoms with van der Waals surface area (Å²) in [6.07, 6.45) is 3.59. The molecule has 0 aromatic carbocycles. The summed E-state index contributed by atoms with van der Waals surface area (Å²) in [6.45, 7) is 0. The molecule has 0 atom stereocenters. The van der Waals surface area contributed by atoms with Gasteiger partial charge in [0.25, 0.3) is 0 Å². The summed E-state index contributed by atoms with van der Waals surface area (Å²) in [7, 11) is 1.65. The minimum absolute atomic E-state index is 0.666. The summed E-state index contributed by atoms with van der Waals surface area (Å²) in [5, 5.41) is 0. The first-order chi connectivity index (χ1) is 5.88. The maximum Gasteiger partial charge on any atom is 0.140 e. The van der Waals surface area contributed by atoms with Crippen molar-refractivity contribution in [1.29, 1.82) is 0 Å². The van der Waals surface area contributed by atoms with Gasteiger partial charge in [0.15, 0.2) is 0 Å². The molecule has 0 N–H and O–H groups in total. The van der Waals surface area contributed by atoms with Gasteiger partial charge in [0.05, 0.1) is 12.8 Å². The molecule has 0 amide bonds. The fourth-order valence-electron chi connectivity index (χ4n) is 1.03. The van der Waals surface area contributed by atoms with Gasteiger partial charge < -0.3 is 4.74 Å². The third-order valence-electron chi connectivity index (χ3n) is 1.62. The maximum absolute atomic E-state index is 5.58. The van der Waals surface area contributed by atoms with Gasteiger partial charge in [-0.2, -0.15) is 0 Å². The number of hydrogen-bond acceptors (Lipinski definition) is 2. The van der Waals surface area contributed by atoms with Crippen LogP contribution in [0.3, 0.4) is 0 Å². The minimum Gasteiger partial charge on any atom is -0.495 e. The number of nitrogens with zero attached hydrogens (tertiary/aromatic N) is 1. The first kappa shape index (κ1) is 9.33. The molecule has 12 heavy (non-hydrogen) atoms. The van der Waals surface area contributed by atoms with Crippen molar-refractivity contribution in [3.8, 4) is 5.75 Å². The van der Waals surface area contributed by atoms with Crippen molar-refractivity contribution in [2.75, 3.05) is 13.0 Å². The molecule has 0 bridgehead atoms. The molecule has 0 aliphatic heterocycles. The van der Waals surface area contributed by atoms with Crippen molar-refractivity contribution in [3.63, 3.8) is 0 Å².